The zero-order chi connectivity index (χ0) is 8.72. The highest BCUT2D eigenvalue weighted by atomic mass is 16.4. The maximum absolute atomic E-state index is 10.7. The van der Waals surface area contributed by atoms with E-state index in [4.69, 9.17) is 5.11 Å². The lowest BCUT2D eigenvalue weighted by Gasteiger charge is -2.18. The molecular formula is C9H10O3. The largest absolute Gasteiger partial charge is 0.481 e. The lowest BCUT2D eigenvalue weighted by atomic mass is 9.88. The molecule has 0 aromatic rings. The summed E-state index contributed by atoms with van der Waals surface area (Å²) in [5, 5.41) is 18.2. The lowest BCUT2D eigenvalue weighted by molar-refractivity contribution is -0.142. The fourth-order valence-electron chi connectivity index (χ4n) is 1.99. The second-order valence-corrected chi connectivity index (χ2v) is 3.28. The molecule has 2 aliphatic carbocycles. The van der Waals surface area contributed by atoms with Gasteiger partial charge < -0.3 is 10.2 Å². The van der Waals surface area contributed by atoms with Crippen LogP contribution in [0.25, 0.3) is 0 Å². The van der Waals surface area contributed by atoms with E-state index in [9.17, 15) is 9.90 Å². The molecule has 0 radical (unpaired) electrons. The Hall–Kier alpha value is -1.09. The van der Waals surface area contributed by atoms with Crippen LogP contribution in [0.3, 0.4) is 0 Å². The Morgan fingerprint density at radius 1 is 1.17 bits per heavy atom. The quantitative estimate of drug-likeness (QED) is 0.555. The van der Waals surface area contributed by atoms with E-state index in [0.717, 1.165) is 0 Å². The van der Waals surface area contributed by atoms with E-state index in [0.29, 0.717) is 0 Å². The van der Waals surface area contributed by atoms with Gasteiger partial charge in [-0.15, -0.1) is 0 Å². The summed E-state index contributed by atoms with van der Waals surface area (Å²) in [4.78, 5) is 10.7. The fourth-order valence-corrected chi connectivity index (χ4v) is 1.99. The van der Waals surface area contributed by atoms with Crippen LogP contribution in [0.4, 0.5) is 0 Å². The summed E-state index contributed by atoms with van der Waals surface area (Å²) in [6.07, 6.45) is 6.48. The SMILES string of the molecule is O=C(O)[C@@H]1C=C[C@@H]2C=C[C@H](O)[C@@H]21. The van der Waals surface area contributed by atoms with Gasteiger partial charge in [0, 0.05) is 11.8 Å². The highest BCUT2D eigenvalue weighted by Crippen LogP contribution is 2.39. The molecule has 0 saturated carbocycles. The van der Waals surface area contributed by atoms with Gasteiger partial charge in [0.25, 0.3) is 0 Å². The Morgan fingerprint density at radius 3 is 2.50 bits per heavy atom. The summed E-state index contributed by atoms with van der Waals surface area (Å²) in [5.41, 5.74) is 0. The van der Waals surface area contributed by atoms with Crippen molar-refractivity contribution in [1.82, 2.24) is 0 Å². The molecule has 0 aliphatic heterocycles. The van der Waals surface area contributed by atoms with Crippen LogP contribution in [0, 0.1) is 17.8 Å². The number of aliphatic hydroxyl groups excluding tert-OH is 1. The van der Waals surface area contributed by atoms with Gasteiger partial charge in [-0.25, -0.2) is 0 Å². The highest BCUT2D eigenvalue weighted by Gasteiger charge is 2.41. The number of aliphatic hydroxyl groups is 1. The van der Waals surface area contributed by atoms with Crippen LogP contribution >= 0.6 is 0 Å². The maximum atomic E-state index is 10.7. The Kier molecular flexibility index (Phi) is 1.54. The van der Waals surface area contributed by atoms with Crippen LogP contribution in [-0.2, 0) is 4.79 Å². The minimum Gasteiger partial charge on any atom is -0.481 e. The van der Waals surface area contributed by atoms with E-state index in [1.54, 1.807) is 12.2 Å². The number of carboxylic acids is 1. The molecule has 0 saturated heterocycles. The Bertz CT molecular complexity index is 267. The van der Waals surface area contributed by atoms with Crippen molar-refractivity contribution in [3.8, 4) is 0 Å². The summed E-state index contributed by atoms with van der Waals surface area (Å²) in [6, 6.07) is 0. The van der Waals surface area contributed by atoms with Gasteiger partial charge in [0.05, 0.1) is 12.0 Å². The lowest BCUT2D eigenvalue weighted by Crippen LogP contribution is -2.28. The molecule has 0 aromatic carbocycles. The molecule has 0 bridgehead atoms. The summed E-state index contributed by atoms with van der Waals surface area (Å²) >= 11 is 0. The third-order valence-electron chi connectivity index (χ3n) is 2.61. The molecule has 0 amide bonds. The van der Waals surface area contributed by atoms with Crippen LogP contribution < -0.4 is 0 Å². The first-order chi connectivity index (χ1) is 5.70. The van der Waals surface area contributed by atoms with Crippen LogP contribution in [0.15, 0.2) is 24.3 Å². The van der Waals surface area contributed by atoms with Gasteiger partial charge in [-0.1, -0.05) is 24.3 Å². The zero-order valence-corrected chi connectivity index (χ0v) is 6.42. The van der Waals surface area contributed by atoms with Crippen molar-refractivity contribution >= 4 is 5.97 Å². The molecule has 2 rings (SSSR count). The number of hydrogen-bond acceptors (Lipinski definition) is 2. The summed E-state index contributed by atoms with van der Waals surface area (Å²) < 4.78 is 0. The van der Waals surface area contributed by atoms with Gasteiger partial charge in [-0.3, -0.25) is 4.79 Å². The molecule has 0 unspecified atom stereocenters. The van der Waals surface area contributed by atoms with Crippen molar-refractivity contribution in [3.05, 3.63) is 24.3 Å². The van der Waals surface area contributed by atoms with Crippen molar-refractivity contribution in [2.24, 2.45) is 17.8 Å². The van der Waals surface area contributed by atoms with Crippen LogP contribution in [-0.4, -0.2) is 22.3 Å². The van der Waals surface area contributed by atoms with Gasteiger partial charge >= 0.3 is 5.97 Å². The minimum atomic E-state index is -0.846. The molecule has 4 atom stereocenters. The number of fused-ring (bicyclic) bond motifs is 1. The van der Waals surface area contributed by atoms with Crippen molar-refractivity contribution in [2.75, 3.05) is 0 Å². The summed E-state index contributed by atoms with van der Waals surface area (Å²) in [5.74, 6) is -1.40. The van der Waals surface area contributed by atoms with Crippen LogP contribution in [0.2, 0.25) is 0 Å². The first-order valence-electron chi connectivity index (χ1n) is 3.97. The van der Waals surface area contributed by atoms with Gasteiger partial charge in [-0.05, 0) is 0 Å². The number of hydrogen-bond donors (Lipinski definition) is 2. The Morgan fingerprint density at radius 2 is 1.83 bits per heavy atom. The van der Waals surface area contributed by atoms with Crippen LogP contribution in [0.1, 0.15) is 0 Å². The average Bonchev–Trinajstić information content (AvgIpc) is 2.53. The number of aliphatic carboxylic acids is 1. The number of rotatable bonds is 1. The zero-order valence-electron chi connectivity index (χ0n) is 6.42. The Labute approximate surface area is 70.0 Å². The maximum Gasteiger partial charge on any atom is 0.310 e. The average molecular weight is 166 g/mol. The number of carbonyl (C=O) groups is 1. The molecule has 2 aliphatic rings. The minimum absolute atomic E-state index is 0.126. The smallest absolute Gasteiger partial charge is 0.310 e. The molecule has 64 valence electrons. The molecule has 0 heterocycles. The molecule has 12 heavy (non-hydrogen) atoms. The second kappa shape index (κ2) is 2.45. The number of carboxylic acid groups (broad SMARTS) is 1. The highest BCUT2D eigenvalue weighted by molar-refractivity contribution is 5.74. The molecule has 0 aromatic heterocycles. The van der Waals surface area contributed by atoms with E-state index in [1.807, 2.05) is 12.2 Å². The van der Waals surface area contributed by atoms with E-state index in [1.165, 1.54) is 0 Å². The predicted molar refractivity (Wildman–Crippen MR) is 42.4 cm³/mol. The topological polar surface area (TPSA) is 57.5 Å². The first-order valence-corrected chi connectivity index (χ1v) is 3.97. The predicted octanol–water partition coefficient (Wildman–Crippen LogP) is 0.420. The monoisotopic (exact) mass is 166 g/mol. The molecule has 0 spiro atoms. The molecule has 2 N–H and O–H groups in total. The standard InChI is InChI=1S/C9H10O3/c10-7-4-2-5-1-3-6(8(5)7)9(11)12/h1-8,10H,(H,11,12)/t5-,6-,7+,8+/m1/s1. The molecule has 3 heteroatoms. The molecule has 3 nitrogen and oxygen atoms in total. The first kappa shape index (κ1) is 7.55. The van der Waals surface area contributed by atoms with Crippen molar-refractivity contribution in [1.29, 1.82) is 0 Å². The normalized spacial score (nSPS) is 43.4. The van der Waals surface area contributed by atoms with Crippen molar-refractivity contribution < 1.29 is 15.0 Å². The van der Waals surface area contributed by atoms with Crippen molar-refractivity contribution in [3.63, 3.8) is 0 Å². The van der Waals surface area contributed by atoms with E-state index in [2.05, 4.69) is 0 Å². The van der Waals surface area contributed by atoms with E-state index < -0.39 is 18.0 Å². The van der Waals surface area contributed by atoms with Crippen LogP contribution in [0.5, 0.6) is 0 Å². The fraction of sp³-hybridized carbons (Fsp3) is 0.444. The van der Waals surface area contributed by atoms with E-state index in [-0.39, 0.29) is 11.8 Å². The third-order valence-corrected chi connectivity index (χ3v) is 2.61. The van der Waals surface area contributed by atoms with Gasteiger partial charge in [0.15, 0.2) is 0 Å². The van der Waals surface area contributed by atoms with Crippen molar-refractivity contribution in [2.45, 2.75) is 6.10 Å². The molecular weight excluding hydrogens is 156 g/mol. The summed E-state index contributed by atoms with van der Waals surface area (Å²) in [7, 11) is 0. The number of allylic oxidation sites excluding steroid dienone is 2. The Balaban J connectivity index is 2.23. The van der Waals surface area contributed by atoms with Gasteiger partial charge in [0.1, 0.15) is 0 Å². The second-order valence-electron chi connectivity index (χ2n) is 3.28. The molecule has 0 fully saturated rings. The van der Waals surface area contributed by atoms with Gasteiger partial charge in [-0.2, -0.15) is 0 Å². The van der Waals surface area contributed by atoms with E-state index >= 15 is 0 Å². The van der Waals surface area contributed by atoms with Gasteiger partial charge in [0.2, 0.25) is 0 Å². The third kappa shape index (κ3) is 0.898. The summed E-state index contributed by atoms with van der Waals surface area (Å²) in [6.45, 7) is 0.